The Labute approximate surface area is 108 Å². The zero-order chi connectivity index (χ0) is 13.0. The molecule has 18 heavy (non-hydrogen) atoms. The highest BCUT2D eigenvalue weighted by Crippen LogP contribution is 2.25. The Balaban J connectivity index is 2.25. The van der Waals surface area contributed by atoms with Gasteiger partial charge in [0, 0.05) is 35.1 Å². The monoisotopic (exact) mass is 267 g/mol. The minimum atomic E-state index is -0.376. The third-order valence-electron chi connectivity index (χ3n) is 2.29. The number of hydrogen-bond acceptors (Lipinski definition) is 4. The van der Waals surface area contributed by atoms with Gasteiger partial charge in [0.2, 0.25) is 5.95 Å². The van der Waals surface area contributed by atoms with E-state index in [9.17, 15) is 4.39 Å². The van der Waals surface area contributed by atoms with E-state index in [4.69, 9.17) is 16.7 Å². The summed E-state index contributed by atoms with van der Waals surface area (Å²) in [6, 6.07) is 4.31. The van der Waals surface area contributed by atoms with Crippen LogP contribution < -0.4 is 5.32 Å². The summed E-state index contributed by atoms with van der Waals surface area (Å²) in [4.78, 5) is 8.04. The van der Waals surface area contributed by atoms with Gasteiger partial charge in [-0.25, -0.2) is 14.4 Å². The van der Waals surface area contributed by atoms with Crippen molar-refractivity contribution in [1.29, 1.82) is 0 Å². The first kappa shape index (κ1) is 12.7. The van der Waals surface area contributed by atoms with Crippen LogP contribution in [0.25, 0.3) is 11.1 Å². The normalized spacial score (nSPS) is 10.4. The van der Waals surface area contributed by atoms with Crippen LogP contribution in [-0.4, -0.2) is 28.2 Å². The smallest absolute Gasteiger partial charge is 0.222 e. The second-order valence-corrected chi connectivity index (χ2v) is 4.01. The van der Waals surface area contributed by atoms with Gasteiger partial charge in [0.1, 0.15) is 5.82 Å². The second kappa shape index (κ2) is 5.75. The molecule has 0 radical (unpaired) electrons. The standard InChI is InChI=1S/C12H11ClFN3O/c13-9-1-2-11(14)10(5-9)8-6-16-12(17-7-8)15-3-4-18/h1-2,5-7,18H,3-4H2,(H,15,16,17). The number of halogens is 2. The third kappa shape index (κ3) is 2.94. The number of rotatable bonds is 4. The van der Waals surface area contributed by atoms with E-state index in [2.05, 4.69) is 15.3 Å². The van der Waals surface area contributed by atoms with Crippen LogP contribution in [0.3, 0.4) is 0 Å². The molecular weight excluding hydrogens is 257 g/mol. The molecule has 0 bridgehead atoms. The molecule has 2 N–H and O–H groups in total. The third-order valence-corrected chi connectivity index (χ3v) is 2.52. The van der Waals surface area contributed by atoms with Crippen LogP contribution in [0.4, 0.5) is 10.3 Å². The van der Waals surface area contributed by atoms with E-state index in [1.54, 1.807) is 0 Å². The highest BCUT2D eigenvalue weighted by atomic mass is 35.5. The summed E-state index contributed by atoms with van der Waals surface area (Å²) in [5.41, 5.74) is 0.903. The number of aliphatic hydroxyl groups is 1. The first-order chi connectivity index (χ1) is 8.70. The molecule has 1 heterocycles. The van der Waals surface area contributed by atoms with Crippen molar-refractivity contribution in [1.82, 2.24) is 9.97 Å². The first-order valence-corrected chi connectivity index (χ1v) is 5.70. The van der Waals surface area contributed by atoms with E-state index in [0.29, 0.717) is 28.6 Å². The van der Waals surface area contributed by atoms with Gasteiger partial charge in [-0.3, -0.25) is 0 Å². The SMILES string of the molecule is OCCNc1ncc(-c2cc(Cl)ccc2F)cn1. The molecule has 6 heteroatoms. The molecule has 0 unspecified atom stereocenters. The molecule has 0 fully saturated rings. The fourth-order valence-corrected chi connectivity index (χ4v) is 1.62. The number of anilines is 1. The number of aromatic nitrogens is 2. The van der Waals surface area contributed by atoms with Crippen LogP contribution >= 0.6 is 11.6 Å². The van der Waals surface area contributed by atoms with Crippen molar-refractivity contribution in [3.8, 4) is 11.1 Å². The van der Waals surface area contributed by atoms with Gasteiger partial charge in [-0.05, 0) is 18.2 Å². The Morgan fingerprint density at radius 1 is 1.28 bits per heavy atom. The molecule has 0 saturated heterocycles. The van der Waals surface area contributed by atoms with Crippen LogP contribution in [0.5, 0.6) is 0 Å². The number of hydrogen-bond donors (Lipinski definition) is 2. The van der Waals surface area contributed by atoms with Crippen molar-refractivity contribution < 1.29 is 9.50 Å². The molecule has 0 atom stereocenters. The van der Waals surface area contributed by atoms with E-state index in [-0.39, 0.29) is 12.4 Å². The van der Waals surface area contributed by atoms with E-state index >= 15 is 0 Å². The Morgan fingerprint density at radius 2 is 2.00 bits per heavy atom. The van der Waals surface area contributed by atoms with Gasteiger partial charge in [-0.15, -0.1) is 0 Å². The van der Waals surface area contributed by atoms with Crippen molar-refractivity contribution in [2.45, 2.75) is 0 Å². The molecule has 2 aromatic rings. The number of benzene rings is 1. The molecular formula is C12H11ClFN3O. The van der Waals surface area contributed by atoms with Crippen molar-refractivity contribution in [2.75, 3.05) is 18.5 Å². The molecule has 0 amide bonds. The number of aliphatic hydroxyl groups excluding tert-OH is 1. The average molecular weight is 268 g/mol. The fourth-order valence-electron chi connectivity index (χ4n) is 1.44. The summed E-state index contributed by atoms with van der Waals surface area (Å²) in [6.45, 7) is 0.360. The van der Waals surface area contributed by atoms with Crippen LogP contribution in [0.2, 0.25) is 5.02 Å². The van der Waals surface area contributed by atoms with Gasteiger partial charge < -0.3 is 10.4 Å². The summed E-state index contributed by atoms with van der Waals surface area (Å²) in [5, 5.41) is 11.9. The predicted octanol–water partition coefficient (Wildman–Crippen LogP) is 2.34. The lowest BCUT2D eigenvalue weighted by atomic mass is 10.1. The summed E-state index contributed by atoms with van der Waals surface area (Å²) >= 11 is 5.82. The van der Waals surface area contributed by atoms with Gasteiger partial charge in [0.05, 0.1) is 6.61 Å². The van der Waals surface area contributed by atoms with E-state index < -0.39 is 0 Å². The maximum Gasteiger partial charge on any atom is 0.222 e. The Bertz CT molecular complexity index is 533. The Kier molecular flexibility index (Phi) is 4.07. The van der Waals surface area contributed by atoms with Crippen LogP contribution in [0, 0.1) is 5.82 Å². The summed E-state index contributed by atoms with van der Waals surface area (Å²) in [7, 11) is 0. The van der Waals surface area contributed by atoms with E-state index in [1.165, 1.54) is 30.6 Å². The zero-order valence-electron chi connectivity index (χ0n) is 9.40. The summed E-state index contributed by atoms with van der Waals surface area (Å²) < 4.78 is 13.6. The van der Waals surface area contributed by atoms with Gasteiger partial charge >= 0.3 is 0 Å². The lowest BCUT2D eigenvalue weighted by Crippen LogP contribution is -2.08. The first-order valence-electron chi connectivity index (χ1n) is 5.33. The summed E-state index contributed by atoms with van der Waals surface area (Å²) in [6.07, 6.45) is 3.00. The Morgan fingerprint density at radius 3 is 2.67 bits per heavy atom. The number of nitrogens with zero attached hydrogens (tertiary/aromatic N) is 2. The second-order valence-electron chi connectivity index (χ2n) is 3.57. The Hall–Kier alpha value is -1.72. The van der Waals surface area contributed by atoms with Gasteiger partial charge in [-0.2, -0.15) is 0 Å². The van der Waals surface area contributed by atoms with Gasteiger partial charge in [0.25, 0.3) is 0 Å². The van der Waals surface area contributed by atoms with Crippen LogP contribution in [0.1, 0.15) is 0 Å². The lowest BCUT2D eigenvalue weighted by Gasteiger charge is -2.05. The largest absolute Gasteiger partial charge is 0.395 e. The van der Waals surface area contributed by atoms with E-state index in [1.807, 2.05) is 0 Å². The molecule has 2 rings (SSSR count). The van der Waals surface area contributed by atoms with Crippen molar-refractivity contribution >= 4 is 17.5 Å². The minimum Gasteiger partial charge on any atom is -0.395 e. The van der Waals surface area contributed by atoms with Gasteiger partial charge in [0.15, 0.2) is 0 Å². The van der Waals surface area contributed by atoms with Crippen LogP contribution in [-0.2, 0) is 0 Å². The molecule has 0 aliphatic heterocycles. The fraction of sp³-hybridized carbons (Fsp3) is 0.167. The van der Waals surface area contributed by atoms with Crippen molar-refractivity contribution in [2.24, 2.45) is 0 Å². The topological polar surface area (TPSA) is 58.0 Å². The van der Waals surface area contributed by atoms with E-state index in [0.717, 1.165) is 0 Å². The zero-order valence-corrected chi connectivity index (χ0v) is 10.2. The minimum absolute atomic E-state index is 0.00592. The van der Waals surface area contributed by atoms with Crippen molar-refractivity contribution in [3.05, 3.63) is 41.4 Å². The number of nitrogens with one attached hydrogen (secondary N) is 1. The maximum absolute atomic E-state index is 13.6. The lowest BCUT2D eigenvalue weighted by molar-refractivity contribution is 0.311. The molecule has 94 valence electrons. The highest BCUT2D eigenvalue weighted by molar-refractivity contribution is 6.30. The molecule has 0 aliphatic rings. The highest BCUT2D eigenvalue weighted by Gasteiger charge is 2.07. The predicted molar refractivity (Wildman–Crippen MR) is 68.0 cm³/mol. The molecule has 1 aromatic carbocycles. The van der Waals surface area contributed by atoms with Crippen LogP contribution in [0.15, 0.2) is 30.6 Å². The van der Waals surface area contributed by atoms with Crippen molar-refractivity contribution in [3.63, 3.8) is 0 Å². The van der Waals surface area contributed by atoms with Gasteiger partial charge in [-0.1, -0.05) is 11.6 Å². The average Bonchev–Trinajstić information content (AvgIpc) is 2.40. The summed E-state index contributed by atoms with van der Waals surface area (Å²) in [5.74, 6) is 0.00861. The molecule has 0 saturated carbocycles. The molecule has 4 nitrogen and oxygen atoms in total. The maximum atomic E-state index is 13.6. The molecule has 1 aromatic heterocycles. The molecule has 0 aliphatic carbocycles. The quantitative estimate of drug-likeness (QED) is 0.893. The molecule has 0 spiro atoms.